The number of rotatable bonds is 6. The first kappa shape index (κ1) is 17.3. The number of anilines is 1. The first-order valence-corrected chi connectivity index (χ1v) is 7.38. The number of carbonyl (C=O) groups excluding carboxylic acids is 2. The molecule has 0 radical (unpaired) electrons. The van der Waals surface area contributed by atoms with Crippen LogP contribution >= 0.6 is 0 Å². The van der Waals surface area contributed by atoms with E-state index >= 15 is 0 Å². The summed E-state index contributed by atoms with van der Waals surface area (Å²) in [5, 5.41) is 2.80. The normalized spacial score (nSPS) is 9.96. The maximum Gasteiger partial charge on any atom is 0.259 e. The molecule has 2 aromatic rings. The van der Waals surface area contributed by atoms with Gasteiger partial charge in [0.15, 0.2) is 6.61 Å². The molecule has 0 heterocycles. The maximum atomic E-state index is 12.2. The summed E-state index contributed by atoms with van der Waals surface area (Å²) >= 11 is 0. The molecule has 0 saturated carbocycles. The molecule has 6 nitrogen and oxygen atoms in total. The lowest BCUT2D eigenvalue weighted by molar-refractivity contribution is -0.130. The van der Waals surface area contributed by atoms with Crippen molar-refractivity contribution in [2.75, 3.05) is 33.1 Å². The zero-order valence-corrected chi connectivity index (χ0v) is 13.9. The van der Waals surface area contributed by atoms with Gasteiger partial charge in [0.05, 0.1) is 7.11 Å². The quantitative estimate of drug-likeness (QED) is 0.884. The minimum atomic E-state index is -0.214. The molecule has 0 fully saturated rings. The Morgan fingerprint density at radius 3 is 2.08 bits per heavy atom. The van der Waals surface area contributed by atoms with Gasteiger partial charge < -0.3 is 19.7 Å². The summed E-state index contributed by atoms with van der Waals surface area (Å²) in [4.78, 5) is 25.1. The van der Waals surface area contributed by atoms with Crippen LogP contribution < -0.4 is 14.8 Å². The van der Waals surface area contributed by atoms with Crippen molar-refractivity contribution in [3.63, 3.8) is 0 Å². The predicted molar refractivity (Wildman–Crippen MR) is 91.6 cm³/mol. The van der Waals surface area contributed by atoms with Gasteiger partial charge in [0, 0.05) is 25.3 Å². The fourth-order valence-corrected chi connectivity index (χ4v) is 1.85. The number of ether oxygens (including phenoxy) is 2. The number of carbonyl (C=O) groups is 2. The van der Waals surface area contributed by atoms with Gasteiger partial charge in [-0.2, -0.15) is 0 Å². The second-order valence-electron chi connectivity index (χ2n) is 5.28. The average molecular weight is 328 g/mol. The SMILES string of the molecule is COc1ccc(C(=O)Nc2ccc(OCC(=O)N(C)C)cc2)cc1. The summed E-state index contributed by atoms with van der Waals surface area (Å²) in [5.41, 5.74) is 1.18. The molecule has 0 aliphatic carbocycles. The third kappa shape index (κ3) is 4.74. The summed E-state index contributed by atoms with van der Waals surface area (Å²) in [7, 11) is 4.91. The lowest BCUT2D eigenvalue weighted by atomic mass is 10.2. The van der Waals surface area contributed by atoms with E-state index in [2.05, 4.69) is 5.32 Å². The van der Waals surface area contributed by atoms with E-state index in [0.29, 0.717) is 22.7 Å². The Morgan fingerprint density at radius 1 is 0.958 bits per heavy atom. The Morgan fingerprint density at radius 2 is 1.54 bits per heavy atom. The van der Waals surface area contributed by atoms with Crippen LogP contribution in [0.3, 0.4) is 0 Å². The van der Waals surface area contributed by atoms with E-state index in [1.807, 2.05) is 0 Å². The van der Waals surface area contributed by atoms with Gasteiger partial charge in [0.1, 0.15) is 11.5 Å². The molecule has 6 heteroatoms. The highest BCUT2D eigenvalue weighted by molar-refractivity contribution is 6.04. The highest BCUT2D eigenvalue weighted by atomic mass is 16.5. The van der Waals surface area contributed by atoms with E-state index in [1.165, 1.54) is 4.90 Å². The third-order valence-electron chi connectivity index (χ3n) is 3.33. The second-order valence-corrected chi connectivity index (χ2v) is 5.28. The molecule has 0 aliphatic heterocycles. The molecule has 2 aromatic carbocycles. The third-order valence-corrected chi connectivity index (χ3v) is 3.33. The predicted octanol–water partition coefficient (Wildman–Crippen LogP) is 2.41. The van der Waals surface area contributed by atoms with Gasteiger partial charge in [0.2, 0.25) is 0 Å². The molecule has 0 aliphatic rings. The molecule has 2 rings (SSSR count). The number of hydrogen-bond acceptors (Lipinski definition) is 4. The van der Waals surface area contributed by atoms with Crippen LogP contribution in [-0.2, 0) is 4.79 Å². The highest BCUT2D eigenvalue weighted by Gasteiger charge is 2.07. The van der Waals surface area contributed by atoms with Crippen LogP contribution in [0.15, 0.2) is 48.5 Å². The van der Waals surface area contributed by atoms with Crippen LogP contribution in [0.1, 0.15) is 10.4 Å². The molecule has 2 amide bonds. The van der Waals surface area contributed by atoms with Crippen LogP contribution in [0, 0.1) is 0 Å². The molecule has 0 saturated heterocycles. The molecule has 126 valence electrons. The van der Waals surface area contributed by atoms with Crippen LogP contribution in [0.2, 0.25) is 0 Å². The fourth-order valence-electron chi connectivity index (χ4n) is 1.85. The van der Waals surface area contributed by atoms with Crippen molar-refractivity contribution in [2.45, 2.75) is 0 Å². The number of likely N-dealkylation sites (N-methyl/N-ethyl adjacent to an activating group) is 1. The zero-order chi connectivity index (χ0) is 17.5. The minimum Gasteiger partial charge on any atom is -0.497 e. The Balaban J connectivity index is 1.93. The summed E-state index contributed by atoms with van der Waals surface area (Å²) in [6, 6.07) is 13.7. The van der Waals surface area contributed by atoms with E-state index in [1.54, 1.807) is 69.7 Å². The summed E-state index contributed by atoms with van der Waals surface area (Å²) in [6.45, 7) is -0.0233. The lowest BCUT2D eigenvalue weighted by Crippen LogP contribution is -2.27. The van der Waals surface area contributed by atoms with Crippen molar-refractivity contribution in [2.24, 2.45) is 0 Å². The van der Waals surface area contributed by atoms with Gasteiger partial charge in [-0.25, -0.2) is 0 Å². The number of methoxy groups -OCH3 is 1. The average Bonchev–Trinajstić information content (AvgIpc) is 2.60. The van der Waals surface area contributed by atoms with Gasteiger partial charge in [-0.3, -0.25) is 9.59 Å². The summed E-state index contributed by atoms with van der Waals surface area (Å²) in [6.07, 6.45) is 0. The maximum absolute atomic E-state index is 12.2. The van der Waals surface area contributed by atoms with Crippen LogP contribution in [0.5, 0.6) is 11.5 Å². The largest absolute Gasteiger partial charge is 0.497 e. The Kier molecular flexibility index (Phi) is 5.78. The van der Waals surface area contributed by atoms with E-state index < -0.39 is 0 Å². The Labute approximate surface area is 141 Å². The smallest absolute Gasteiger partial charge is 0.259 e. The van der Waals surface area contributed by atoms with E-state index in [4.69, 9.17) is 9.47 Å². The molecule has 0 atom stereocenters. The Hall–Kier alpha value is -3.02. The van der Waals surface area contributed by atoms with E-state index in [0.717, 1.165) is 0 Å². The van der Waals surface area contributed by atoms with E-state index in [9.17, 15) is 9.59 Å². The van der Waals surface area contributed by atoms with E-state index in [-0.39, 0.29) is 18.4 Å². The van der Waals surface area contributed by atoms with Gasteiger partial charge in [-0.1, -0.05) is 0 Å². The topological polar surface area (TPSA) is 67.9 Å². The van der Waals surface area contributed by atoms with Gasteiger partial charge in [-0.05, 0) is 48.5 Å². The van der Waals surface area contributed by atoms with Crippen molar-refractivity contribution in [3.8, 4) is 11.5 Å². The molecule has 1 N–H and O–H groups in total. The molecular formula is C18H20N2O4. The molecule has 24 heavy (non-hydrogen) atoms. The van der Waals surface area contributed by atoms with Gasteiger partial charge in [0.25, 0.3) is 11.8 Å². The number of benzene rings is 2. The van der Waals surface area contributed by atoms with Crippen molar-refractivity contribution in [1.82, 2.24) is 4.90 Å². The first-order valence-electron chi connectivity index (χ1n) is 7.38. The monoisotopic (exact) mass is 328 g/mol. The fraction of sp³-hybridized carbons (Fsp3) is 0.222. The highest BCUT2D eigenvalue weighted by Crippen LogP contribution is 2.17. The second kappa shape index (κ2) is 8.01. The molecular weight excluding hydrogens is 308 g/mol. The molecule has 0 unspecified atom stereocenters. The number of nitrogens with zero attached hydrogens (tertiary/aromatic N) is 1. The van der Waals surface area contributed by atoms with Crippen LogP contribution in [0.4, 0.5) is 5.69 Å². The minimum absolute atomic E-state index is 0.0233. The van der Waals surface area contributed by atoms with Crippen molar-refractivity contribution in [1.29, 1.82) is 0 Å². The number of nitrogens with one attached hydrogen (secondary N) is 1. The van der Waals surface area contributed by atoms with Crippen LogP contribution in [-0.4, -0.2) is 44.5 Å². The lowest BCUT2D eigenvalue weighted by Gasteiger charge is -2.12. The first-order chi connectivity index (χ1) is 11.5. The van der Waals surface area contributed by atoms with Gasteiger partial charge >= 0.3 is 0 Å². The van der Waals surface area contributed by atoms with Crippen LogP contribution in [0.25, 0.3) is 0 Å². The standard InChI is InChI=1S/C18H20N2O4/c1-20(2)17(21)12-24-16-10-6-14(7-11-16)19-18(22)13-4-8-15(23-3)9-5-13/h4-11H,12H2,1-3H3,(H,19,22). The summed E-state index contributed by atoms with van der Waals surface area (Å²) < 4.78 is 10.4. The van der Waals surface area contributed by atoms with Crippen molar-refractivity contribution in [3.05, 3.63) is 54.1 Å². The summed E-state index contributed by atoms with van der Waals surface area (Å²) in [5.74, 6) is 0.925. The van der Waals surface area contributed by atoms with Gasteiger partial charge in [-0.15, -0.1) is 0 Å². The molecule has 0 bridgehead atoms. The van der Waals surface area contributed by atoms with Crippen molar-refractivity contribution < 1.29 is 19.1 Å². The number of amides is 2. The zero-order valence-electron chi connectivity index (χ0n) is 13.9. The Bertz CT molecular complexity index is 694. The van der Waals surface area contributed by atoms with Crippen molar-refractivity contribution >= 4 is 17.5 Å². The molecule has 0 spiro atoms. The number of hydrogen-bond donors (Lipinski definition) is 1. The molecule has 0 aromatic heterocycles.